The summed E-state index contributed by atoms with van der Waals surface area (Å²) in [7, 11) is 0. The minimum absolute atomic E-state index is 0.0204. The number of aromatic nitrogens is 2. The largest absolute Gasteiger partial charge is 0.410 e. The monoisotopic (exact) mass is 358 g/mol. The van der Waals surface area contributed by atoms with Crippen LogP contribution in [0, 0.1) is 5.92 Å². The maximum Gasteiger partial charge on any atom is 0.410 e. The average Bonchev–Trinajstić information content (AvgIpc) is 3.17. The van der Waals surface area contributed by atoms with Gasteiger partial charge in [0, 0.05) is 24.6 Å². The molecule has 1 N–H and O–H groups in total. The summed E-state index contributed by atoms with van der Waals surface area (Å²) < 4.78 is 41.5. The van der Waals surface area contributed by atoms with Gasteiger partial charge in [-0.15, -0.1) is 0 Å². The summed E-state index contributed by atoms with van der Waals surface area (Å²) in [5.41, 5.74) is 0.556. The number of hydrogen-bond acceptors (Lipinski definition) is 3. The van der Waals surface area contributed by atoms with Gasteiger partial charge < -0.3 is 10.2 Å². The third-order valence-electron chi connectivity index (χ3n) is 5.15. The van der Waals surface area contributed by atoms with Gasteiger partial charge in [-0.2, -0.15) is 18.3 Å². The van der Waals surface area contributed by atoms with Crippen molar-refractivity contribution in [3.05, 3.63) is 11.8 Å². The number of hydrogen-bond donors (Lipinski definition) is 1. The Kier molecular flexibility index (Phi) is 4.72. The molecule has 0 radical (unpaired) electrons. The topological polar surface area (TPSA) is 50.2 Å². The molecule has 8 heteroatoms. The Bertz CT molecular complexity index is 640. The van der Waals surface area contributed by atoms with Crippen LogP contribution in [-0.2, 0) is 4.79 Å². The molecule has 0 bridgehead atoms. The van der Waals surface area contributed by atoms with Crippen molar-refractivity contribution in [2.45, 2.75) is 70.8 Å². The fraction of sp³-hybridized carbons (Fsp3) is 0.765. The highest BCUT2D eigenvalue weighted by atomic mass is 19.4. The van der Waals surface area contributed by atoms with Gasteiger partial charge in [0.2, 0.25) is 5.91 Å². The van der Waals surface area contributed by atoms with E-state index in [-0.39, 0.29) is 30.3 Å². The maximum absolute atomic E-state index is 13.5. The lowest BCUT2D eigenvalue weighted by molar-refractivity contribution is -0.173. The van der Waals surface area contributed by atoms with Crippen molar-refractivity contribution in [2.75, 3.05) is 11.9 Å². The number of fused-ring (bicyclic) bond motifs is 1. The van der Waals surface area contributed by atoms with E-state index < -0.39 is 12.2 Å². The van der Waals surface area contributed by atoms with Gasteiger partial charge in [-0.25, -0.2) is 4.68 Å². The molecule has 25 heavy (non-hydrogen) atoms. The highest BCUT2D eigenvalue weighted by molar-refractivity contribution is 5.78. The van der Waals surface area contributed by atoms with E-state index in [0.29, 0.717) is 24.5 Å². The van der Waals surface area contributed by atoms with Crippen molar-refractivity contribution in [2.24, 2.45) is 5.92 Å². The first kappa shape index (κ1) is 18.1. The number of anilines is 1. The van der Waals surface area contributed by atoms with E-state index >= 15 is 0 Å². The number of halogens is 3. The Balaban J connectivity index is 1.93. The van der Waals surface area contributed by atoms with Crippen molar-refractivity contribution < 1.29 is 18.0 Å². The van der Waals surface area contributed by atoms with Crippen LogP contribution in [0.25, 0.3) is 0 Å². The quantitative estimate of drug-likeness (QED) is 0.892. The fourth-order valence-corrected chi connectivity index (χ4v) is 3.77. The standard InChI is InChI=1S/C17H25F3N4O/c1-4-11-8-14(17(18,19)20)24-15(21-11)9-12(22-24)13-6-5-7-23(13)16(25)10(2)3/h9-11,13-14,21H,4-8H2,1-3H3/t11-,13?,14-/m1/s1. The second kappa shape index (κ2) is 6.53. The highest BCUT2D eigenvalue weighted by Crippen LogP contribution is 2.42. The van der Waals surface area contributed by atoms with E-state index in [4.69, 9.17) is 0 Å². The molecular weight excluding hydrogens is 333 g/mol. The van der Waals surface area contributed by atoms with Crippen LogP contribution in [0.3, 0.4) is 0 Å². The first-order valence-corrected chi connectivity index (χ1v) is 8.95. The molecule has 0 aliphatic carbocycles. The van der Waals surface area contributed by atoms with Gasteiger partial charge in [0.05, 0.1) is 11.7 Å². The molecule has 5 nitrogen and oxygen atoms in total. The van der Waals surface area contributed by atoms with Crippen LogP contribution in [0.2, 0.25) is 0 Å². The second-order valence-corrected chi connectivity index (χ2v) is 7.29. The van der Waals surface area contributed by atoms with Gasteiger partial charge in [0.1, 0.15) is 5.82 Å². The molecule has 3 rings (SSSR count). The molecule has 2 aliphatic rings. The van der Waals surface area contributed by atoms with Crippen molar-refractivity contribution >= 4 is 11.7 Å². The lowest BCUT2D eigenvalue weighted by Gasteiger charge is -2.32. The number of carbonyl (C=O) groups excluding carboxylic acids is 1. The molecule has 0 saturated carbocycles. The number of likely N-dealkylation sites (tertiary alicyclic amines) is 1. The molecule has 3 heterocycles. The third-order valence-corrected chi connectivity index (χ3v) is 5.15. The SMILES string of the molecule is CC[C@@H]1C[C@H](C(F)(F)F)n2nc(C3CCCN3C(=O)C(C)C)cc2N1. The molecule has 1 aromatic rings. The van der Waals surface area contributed by atoms with Gasteiger partial charge in [-0.1, -0.05) is 20.8 Å². The van der Waals surface area contributed by atoms with E-state index in [1.54, 1.807) is 11.0 Å². The molecule has 2 aliphatic heterocycles. The number of rotatable bonds is 3. The summed E-state index contributed by atoms with van der Waals surface area (Å²) in [6.07, 6.45) is -2.15. The van der Waals surface area contributed by atoms with Gasteiger partial charge in [-0.05, 0) is 25.7 Å². The Morgan fingerprint density at radius 1 is 1.44 bits per heavy atom. The zero-order valence-electron chi connectivity index (χ0n) is 14.8. The Hall–Kier alpha value is -1.73. The van der Waals surface area contributed by atoms with Crippen molar-refractivity contribution in [1.82, 2.24) is 14.7 Å². The van der Waals surface area contributed by atoms with Crippen LogP contribution in [0.15, 0.2) is 6.07 Å². The molecule has 140 valence electrons. The summed E-state index contributed by atoms with van der Waals surface area (Å²) >= 11 is 0. The van der Waals surface area contributed by atoms with E-state index in [9.17, 15) is 18.0 Å². The van der Waals surface area contributed by atoms with E-state index in [1.165, 1.54) is 0 Å². The Labute approximate surface area is 145 Å². The van der Waals surface area contributed by atoms with Gasteiger partial charge >= 0.3 is 6.18 Å². The Morgan fingerprint density at radius 3 is 2.76 bits per heavy atom. The lowest BCUT2D eigenvalue weighted by atomic mass is 10.0. The van der Waals surface area contributed by atoms with E-state index in [2.05, 4.69) is 10.4 Å². The first-order chi connectivity index (χ1) is 11.7. The van der Waals surface area contributed by atoms with Crippen molar-refractivity contribution in [3.63, 3.8) is 0 Å². The minimum Gasteiger partial charge on any atom is -0.367 e. The summed E-state index contributed by atoms with van der Waals surface area (Å²) in [4.78, 5) is 14.2. The first-order valence-electron chi connectivity index (χ1n) is 8.95. The number of nitrogens with one attached hydrogen (secondary N) is 1. The molecule has 0 spiro atoms. The fourth-order valence-electron chi connectivity index (χ4n) is 3.77. The van der Waals surface area contributed by atoms with Gasteiger partial charge in [-0.3, -0.25) is 4.79 Å². The number of carbonyl (C=O) groups is 1. The highest BCUT2D eigenvalue weighted by Gasteiger charge is 2.46. The van der Waals surface area contributed by atoms with Crippen molar-refractivity contribution in [3.8, 4) is 0 Å². The maximum atomic E-state index is 13.5. The molecule has 1 aromatic heterocycles. The summed E-state index contributed by atoms with van der Waals surface area (Å²) in [5, 5.41) is 7.44. The van der Waals surface area contributed by atoms with Crippen molar-refractivity contribution in [1.29, 1.82) is 0 Å². The average molecular weight is 358 g/mol. The van der Waals surface area contributed by atoms with Gasteiger partial charge in [0.15, 0.2) is 6.04 Å². The van der Waals surface area contributed by atoms with Crippen LogP contribution in [-0.4, -0.2) is 39.4 Å². The van der Waals surface area contributed by atoms with E-state index in [1.807, 2.05) is 20.8 Å². The molecule has 3 atom stereocenters. The molecular formula is C17H25F3N4O. The van der Waals surface area contributed by atoms with Crippen LogP contribution < -0.4 is 5.32 Å². The van der Waals surface area contributed by atoms with Crippen LogP contribution in [0.5, 0.6) is 0 Å². The number of amides is 1. The minimum atomic E-state index is -4.34. The summed E-state index contributed by atoms with van der Waals surface area (Å²) in [6, 6.07) is -0.375. The van der Waals surface area contributed by atoms with Gasteiger partial charge in [0.25, 0.3) is 0 Å². The summed E-state index contributed by atoms with van der Waals surface area (Å²) in [5.74, 6) is 0.294. The van der Waals surface area contributed by atoms with E-state index in [0.717, 1.165) is 17.5 Å². The molecule has 1 unspecified atom stereocenters. The number of alkyl halides is 3. The van der Waals surface area contributed by atoms with Crippen LogP contribution in [0.4, 0.5) is 19.0 Å². The molecule has 1 saturated heterocycles. The second-order valence-electron chi connectivity index (χ2n) is 7.29. The zero-order chi connectivity index (χ0) is 18.4. The lowest BCUT2D eigenvalue weighted by Crippen LogP contribution is -2.39. The molecule has 0 aromatic carbocycles. The number of nitrogens with zero attached hydrogens (tertiary/aromatic N) is 3. The van der Waals surface area contributed by atoms with Crippen LogP contribution in [0.1, 0.15) is 64.2 Å². The predicted octanol–water partition coefficient (Wildman–Crippen LogP) is 3.90. The third kappa shape index (κ3) is 3.35. The zero-order valence-corrected chi connectivity index (χ0v) is 14.8. The normalized spacial score (nSPS) is 26.7. The van der Waals surface area contributed by atoms with Crippen LogP contribution >= 0.6 is 0 Å². The molecule has 1 fully saturated rings. The predicted molar refractivity (Wildman–Crippen MR) is 88.2 cm³/mol. The molecule has 1 amide bonds. The Morgan fingerprint density at radius 2 is 2.16 bits per heavy atom. The smallest absolute Gasteiger partial charge is 0.367 e. The summed E-state index contributed by atoms with van der Waals surface area (Å²) in [6.45, 7) is 6.18.